The molecule has 3 rings (SSSR count). The van der Waals surface area contributed by atoms with E-state index in [2.05, 4.69) is 4.98 Å². The summed E-state index contributed by atoms with van der Waals surface area (Å²) >= 11 is 0. The summed E-state index contributed by atoms with van der Waals surface area (Å²) in [6.07, 6.45) is -3.78. The molecule has 2 aromatic carbocycles. The van der Waals surface area contributed by atoms with Gasteiger partial charge in [0.1, 0.15) is 23.1 Å². The Kier molecular flexibility index (Phi) is 4.48. The molecule has 0 unspecified atom stereocenters. The maximum absolute atomic E-state index is 13.4. The summed E-state index contributed by atoms with van der Waals surface area (Å²) in [6, 6.07) is 12.0. The van der Waals surface area contributed by atoms with Gasteiger partial charge in [-0.25, -0.2) is 9.37 Å². The molecule has 0 aliphatic carbocycles. The van der Waals surface area contributed by atoms with E-state index in [1.807, 2.05) is 0 Å². The van der Waals surface area contributed by atoms with Crippen molar-refractivity contribution < 1.29 is 22.3 Å². The highest BCUT2D eigenvalue weighted by Crippen LogP contribution is 2.34. The Morgan fingerprint density at radius 2 is 1.72 bits per heavy atom. The average Bonchev–Trinajstić information content (AvgIpc) is 3.00. The lowest BCUT2D eigenvalue weighted by Gasteiger charge is -2.16. The van der Waals surface area contributed by atoms with Crippen LogP contribution in [0.3, 0.4) is 0 Å². The zero-order chi connectivity index (χ0) is 18.0. The first-order valence-corrected chi connectivity index (χ1v) is 7.40. The third kappa shape index (κ3) is 3.50. The quantitative estimate of drug-likeness (QED) is 0.634. The molecule has 0 saturated carbocycles. The number of imidazole rings is 1. The molecular formula is C18H14F4N2O. The van der Waals surface area contributed by atoms with Gasteiger partial charge in [0.05, 0.1) is 19.9 Å². The number of rotatable bonds is 4. The fourth-order valence-corrected chi connectivity index (χ4v) is 2.60. The lowest BCUT2D eigenvalue weighted by atomic mass is 10.1. The van der Waals surface area contributed by atoms with Gasteiger partial charge in [-0.3, -0.25) is 0 Å². The van der Waals surface area contributed by atoms with Crippen molar-refractivity contribution in [3.63, 3.8) is 0 Å². The molecule has 3 nitrogen and oxygen atoms in total. The zero-order valence-corrected chi connectivity index (χ0v) is 13.2. The molecule has 0 saturated heterocycles. The lowest BCUT2D eigenvalue weighted by molar-refractivity contribution is -0.143. The summed E-state index contributed by atoms with van der Waals surface area (Å²) < 4.78 is 59.5. The monoisotopic (exact) mass is 350 g/mol. The molecule has 0 aliphatic rings. The van der Waals surface area contributed by atoms with Crippen molar-refractivity contribution in [2.45, 2.75) is 12.7 Å². The van der Waals surface area contributed by atoms with Gasteiger partial charge >= 0.3 is 6.18 Å². The van der Waals surface area contributed by atoms with Crippen molar-refractivity contribution in [3.05, 3.63) is 71.8 Å². The molecule has 0 aliphatic heterocycles. The van der Waals surface area contributed by atoms with Crippen LogP contribution >= 0.6 is 0 Å². The normalized spacial score (nSPS) is 11.6. The van der Waals surface area contributed by atoms with Crippen LogP contribution in [0.25, 0.3) is 11.4 Å². The molecular weight excluding hydrogens is 336 g/mol. The van der Waals surface area contributed by atoms with Crippen molar-refractivity contribution in [1.82, 2.24) is 9.55 Å². The standard InChI is InChI=1S/C18H14F4N2O/c1-25-15-5-3-2-4-13(15)11-24-16(18(20,21)22)10-23-17(24)12-6-8-14(19)9-7-12/h2-10H,11H2,1H3. The first-order chi connectivity index (χ1) is 11.9. The molecule has 0 amide bonds. The summed E-state index contributed by atoms with van der Waals surface area (Å²) in [5.41, 5.74) is 0.0985. The Bertz CT molecular complexity index is 870. The van der Waals surface area contributed by atoms with Crippen molar-refractivity contribution >= 4 is 0 Å². The number of hydrogen-bond acceptors (Lipinski definition) is 2. The maximum atomic E-state index is 13.4. The van der Waals surface area contributed by atoms with Crippen LogP contribution in [0.15, 0.2) is 54.7 Å². The highest BCUT2D eigenvalue weighted by Gasteiger charge is 2.36. The molecule has 0 radical (unpaired) electrons. The number of benzene rings is 2. The fourth-order valence-electron chi connectivity index (χ4n) is 2.60. The number of ether oxygens (including phenoxy) is 1. The fraction of sp³-hybridized carbons (Fsp3) is 0.167. The average molecular weight is 350 g/mol. The molecule has 1 heterocycles. The topological polar surface area (TPSA) is 27.1 Å². The van der Waals surface area contributed by atoms with Crippen molar-refractivity contribution in [3.8, 4) is 17.1 Å². The first-order valence-electron chi connectivity index (χ1n) is 7.40. The van der Waals surface area contributed by atoms with Crippen molar-refractivity contribution in [1.29, 1.82) is 0 Å². The largest absolute Gasteiger partial charge is 0.496 e. The van der Waals surface area contributed by atoms with Crippen LogP contribution < -0.4 is 4.74 Å². The van der Waals surface area contributed by atoms with E-state index in [0.29, 0.717) is 16.9 Å². The Morgan fingerprint density at radius 3 is 2.36 bits per heavy atom. The van der Waals surface area contributed by atoms with E-state index in [0.717, 1.165) is 10.8 Å². The number of aromatic nitrogens is 2. The molecule has 7 heteroatoms. The first kappa shape index (κ1) is 17.0. The van der Waals surface area contributed by atoms with Crippen molar-refractivity contribution in [2.24, 2.45) is 0 Å². The van der Waals surface area contributed by atoms with Crippen LogP contribution in [0.4, 0.5) is 17.6 Å². The summed E-state index contributed by atoms with van der Waals surface area (Å²) in [4.78, 5) is 3.91. The van der Waals surface area contributed by atoms with Crippen LogP contribution in [0.1, 0.15) is 11.3 Å². The lowest BCUT2D eigenvalue weighted by Crippen LogP contribution is -2.15. The molecule has 130 valence electrons. The number of halogens is 4. The second kappa shape index (κ2) is 6.58. The SMILES string of the molecule is COc1ccccc1Cn1c(C(F)(F)F)cnc1-c1ccc(F)cc1. The minimum absolute atomic E-state index is 0.0778. The molecule has 3 aromatic rings. The molecule has 0 spiro atoms. The van der Waals surface area contributed by atoms with Gasteiger partial charge < -0.3 is 9.30 Å². The van der Waals surface area contributed by atoms with Crippen LogP contribution in [0.5, 0.6) is 5.75 Å². The van der Waals surface area contributed by atoms with Gasteiger partial charge in [0, 0.05) is 11.1 Å². The van der Waals surface area contributed by atoms with E-state index in [9.17, 15) is 17.6 Å². The van der Waals surface area contributed by atoms with Gasteiger partial charge in [-0.1, -0.05) is 18.2 Å². The Morgan fingerprint density at radius 1 is 1.04 bits per heavy atom. The van der Waals surface area contributed by atoms with Gasteiger partial charge in [0.25, 0.3) is 0 Å². The van der Waals surface area contributed by atoms with E-state index < -0.39 is 17.7 Å². The Hall–Kier alpha value is -2.83. The minimum atomic E-state index is -4.56. The third-order valence-corrected chi connectivity index (χ3v) is 3.77. The van der Waals surface area contributed by atoms with E-state index in [1.54, 1.807) is 24.3 Å². The summed E-state index contributed by atoms with van der Waals surface area (Å²) in [6.45, 7) is -0.0778. The molecule has 25 heavy (non-hydrogen) atoms. The Labute approximate surface area is 141 Å². The predicted octanol–water partition coefficient (Wildman–Crippen LogP) is 4.76. The summed E-state index contributed by atoms with van der Waals surface area (Å²) in [5, 5.41) is 0. The Balaban J connectivity index is 2.12. The van der Waals surface area contributed by atoms with E-state index >= 15 is 0 Å². The van der Waals surface area contributed by atoms with Crippen LogP contribution in [0.2, 0.25) is 0 Å². The van der Waals surface area contributed by atoms with Gasteiger partial charge in [-0.15, -0.1) is 0 Å². The van der Waals surface area contributed by atoms with Gasteiger partial charge in [0.2, 0.25) is 0 Å². The number of alkyl halides is 3. The number of nitrogens with zero attached hydrogens (tertiary/aromatic N) is 2. The van der Waals surface area contributed by atoms with E-state index in [4.69, 9.17) is 4.74 Å². The summed E-state index contributed by atoms with van der Waals surface area (Å²) in [7, 11) is 1.46. The molecule has 1 aromatic heterocycles. The molecule has 0 N–H and O–H groups in total. The van der Waals surface area contributed by atoms with Gasteiger partial charge in [0.15, 0.2) is 0 Å². The van der Waals surface area contributed by atoms with Gasteiger partial charge in [-0.2, -0.15) is 13.2 Å². The number of methoxy groups -OCH3 is 1. The van der Waals surface area contributed by atoms with Crippen LogP contribution in [0, 0.1) is 5.82 Å². The third-order valence-electron chi connectivity index (χ3n) is 3.77. The smallest absolute Gasteiger partial charge is 0.433 e. The maximum Gasteiger partial charge on any atom is 0.433 e. The second-order valence-corrected chi connectivity index (χ2v) is 5.37. The minimum Gasteiger partial charge on any atom is -0.496 e. The van der Waals surface area contributed by atoms with Gasteiger partial charge in [-0.05, 0) is 30.3 Å². The van der Waals surface area contributed by atoms with E-state index in [1.165, 1.54) is 31.4 Å². The van der Waals surface area contributed by atoms with Crippen LogP contribution in [-0.4, -0.2) is 16.7 Å². The summed E-state index contributed by atoms with van der Waals surface area (Å²) in [5.74, 6) is 0.121. The number of para-hydroxylation sites is 1. The van der Waals surface area contributed by atoms with Crippen LogP contribution in [-0.2, 0) is 12.7 Å². The predicted molar refractivity (Wildman–Crippen MR) is 84.7 cm³/mol. The van der Waals surface area contributed by atoms with E-state index in [-0.39, 0.29) is 12.4 Å². The zero-order valence-electron chi connectivity index (χ0n) is 13.2. The highest BCUT2D eigenvalue weighted by molar-refractivity contribution is 5.56. The molecule has 0 fully saturated rings. The van der Waals surface area contributed by atoms with Crippen molar-refractivity contribution in [2.75, 3.05) is 7.11 Å². The highest BCUT2D eigenvalue weighted by atomic mass is 19.4. The second-order valence-electron chi connectivity index (χ2n) is 5.37. The number of hydrogen-bond donors (Lipinski definition) is 0. The molecule has 0 bridgehead atoms. The molecule has 0 atom stereocenters.